The highest BCUT2D eigenvalue weighted by Crippen LogP contribution is 2.26. The molecule has 9 heteroatoms. The number of nitrogens with two attached hydrogens (primary N) is 1. The van der Waals surface area contributed by atoms with Crippen molar-refractivity contribution in [2.24, 2.45) is 0 Å². The molecule has 0 unspecified atom stereocenters. The van der Waals surface area contributed by atoms with E-state index >= 15 is 0 Å². The molecule has 130 valence electrons. The first kappa shape index (κ1) is 17.6. The molecule has 0 aliphatic carbocycles. The van der Waals surface area contributed by atoms with Gasteiger partial charge in [-0.25, -0.2) is 9.37 Å². The number of anilines is 2. The molecule has 2 aromatic heterocycles. The molecule has 0 fully saturated rings. The van der Waals surface area contributed by atoms with Gasteiger partial charge in [0.1, 0.15) is 16.6 Å². The molecule has 6 nitrogen and oxygen atoms in total. The van der Waals surface area contributed by atoms with Gasteiger partial charge in [0.2, 0.25) is 11.9 Å². The summed E-state index contributed by atoms with van der Waals surface area (Å²) < 4.78 is 13.0. The third-order valence-corrected chi connectivity index (χ3v) is 5.11. The summed E-state index contributed by atoms with van der Waals surface area (Å²) in [6.07, 6.45) is 0. The molecule has 0 amide bonds. The van der Waals surface area contributed by atoms with Gasteiger partial charge in [-0.2, -0.15) is 15.0 Å². The van der Waals surface area contributed by atoms with Gasteiger partial charge in [-0.15, -0.1) is 23.1 Å². The summed E-state index contributed by atoms with van der Waals surface area (Å²) in [5.74, 6) is 2.54. The van der Waals surface area contributed by atoms with Gasteiger partial charge in [-0.3, -0.25) is 0 Å². The van der Waals surface area contributed by atoms with Crippen LogP contribution in [0.5, 0.6) is 0 Å². The number of nitrogen functional groups attached to an aromatic ring is 1. The number of hydrogen-bond acceptors (Lipinski definition) is 8. The zero-order valence-electron chi connectivity index (χ0n) is 13.8. The van der Waals surface area contributed by atoms with Crippen molar-refractivity contribution in [3.05, 3.63) is 47.0 Å². The van der Waals surface area contributed by atoms with Crippen LogP contribution < -0.4 is 10.6 Å². The van der Waals surface area contributed by atoms with Crippen LogP contribution in [0.3, 0.4) is 0 Å². The lowest BCUT2D eigenvalue weighted by Gasteiger charge is -2.11. The van der Waals surface area contributed by atoms with Crippen LogP contribution in [0.1, 0.15) is 11.5 Å². The number of rotatable bonds is 6. The van der Waals surface area contributed by atoms with Gasteiger partial charge in [-0.05, 0) is 24.3 Å². The van der Waals surface area contributed by atoms with Gasteiger partial charge in [0, 0.05) is 30.8 Å². The zero-order chi connectivity index (χ0) is 17.8. The van der Waals surface area contributed by atoms with Crippen LogP contribution in [0.15, 0.2) is 29.6 Å². The molecule has 0 radical (unpaired) electrons. The van der Waals surface area contributed by atoms with Crippen molar-refractivity contribution in [2.75, 3.05) is 24.7 Å². The fraction of sp³-hybridized carbons (Fsp3) is 0.250. The Labute approximate surface area is 153 Å². The third kappa shape index (κ3) is 4.64. The average Bonchev–Trinajstić information content (AvgIpc) is 3.04. The molecule has 0 aliphatic heterocycles. The van der Waals surface area contributed by atoms with Crippen molar-refractivity contribution in [3.8, 4) is 10.6 Å². The number of hydrogen-bond donors (Lipinski definition) is 1. The summed E-state index contributed by atoms with van der Waals surface area (Å²) in [4.78, 5) is 19.0. The van der Waals surface area contributed by atoms with Crippen molar-refractivity contribution in [3.63, 3.8) is 0 Å². The number of thioether (sulfide) groups is 1. The van der Waals surface area contributed by atoms with E-state index in [1.165, 1.54) is 12.1 Å². The van der Waals surface area contributed by atoms with Crippen LogP contribution in [0, 0.1) is 5.82 Å². The van der Waals surface area contributed by atoms with Gasteiger partial charge < -0.3 is 10.6 Å². The van der Waals surface area contributed by atoms with E-state index in [0.717, 1.165) is 22.0 Å². The summed E-state index contributed by atoms with van der Waals surface area (Å²) in [5, 5.41) is 2.90. The average molecular weight is 376 g/mol. The highest BCUT2D eigenvalue weighted by atomic mass is 32.2. The molecule has 0 aliphatic rings. The fourth-order valence-electron chi connectivity index (χ4n) is 2.03. The Morgan fingerprint density at radius 1 is 1.08 bits per heavy atom. The number of halogens is 1. The summed E-state index contributed by atoms with van der Waals surface area (Å²) in [6, 6.07) is 6.36. The van der Waals surface area contributed by atoms with E-state index in [2.05, 4.69) is 19.9 Å². The molecular formula is C16H17FN6S2. The molecule has 0 spiro atoms. The molecule has 1 aromatic carbocycles. The minimum Gasteiger partial charge on any atom is -0.368 e. The molecule has 0 bridgehead atoms. The second-order valence-electron chi connectivity index (χ2n) is 5.45. The lowest BCUT2D eigenvalue weighted by atomic mass is 10.2. The van der Waals surface area contributed by atoms with Crippen LogP contribution in [-0.2, 0) is 11.5 Å². The van der Waals surface area contributed by atoms with Crippen molar-refractivity contribution in [1.82, 2.24) is 19.9 Å². The van der Waals surface area contributed by atoms with Crippen LogP contribution in [0.25, 0.3) is 10.6 Å². The van der Waals surface area contributed by atoms with Crippen molar-refractivity contribution >= 4 is 35.0 Å². The number of thiazole rings is 1. The summed E-state index contributed by atoms with van der Waals surface area (Å²) >= 11 is 3.21. The lowest BCUT2D eigenvalue weighted by Crippen LogP contribution is -2.15. The number of aromatic nitrogens is 4. The molecule has 25 heavy (non-hydrogen) atoms. The van der Waals surface area contributed by atoms with Gasteiger partial charge >= 0.3 is 0 Å². The van der Waals surface area contributed by atoms with E-state index in [4.69, 9.17) is 5.73 Å². The summed E-state index contributed by atoms with van der Waals surface area (Å²) in [6.45, 7) is 0. The first-order chi connectivity index (χ1) is 12.0. The highest BCUT2D eigenvalue weighted by Gasteiger charge is 2.08. The Morgan fingerprint density at radius 3 is 2.56 bits per heavy atom. The Kier molecular flexibility index (Phi) is 5.44. The maximum absolute atomic E-state index is 13.0. The van der Waals surface area contributed by atoms with E-state index in [1.54, 1.807) is 40.1 Å². The predicted octanol–water partition coefficient (Wildman–Crippen LogP) is 3.22. The minimum absolute atomic E-state index is 0.224. The molecule has 0 saturated heterocycles. The molecule has 3 rings (SSSR count). The fourth-order valence-corrected chi connectivity index (χ4v) is 3.74. The van der Waals surface area contributed by atoms with Gasteiger partial charge in [-0.1, -0.05) is 0 Å². The van der Waals surface area contributed by atoms with Crippen molar-refractivity contribution < 1.29 is 4.39 Å². The van der Waals surface area contributed by atoms with E-state index in [0.29, 0.717) is 17.5 Å². The van der Waals surface area contributed by atoms with E-state index in [9.17, 15) is 4.39 Å². The first-order valence-electron chi connectivity index (χ1n) is 7.47. The van der Waals surface area contributed by atoms with Crippen LogP contribution in [0.2, 0.25) is 0 Å². The van der Waals surface area contributed by atoms with E-state index in [-0.39, 0.29) is 11.8 Å². The number of benzene rings is 1. The third-order valence-electron chi connectivity index (χ3n) is 3.21. The second-order valence-corrected chi connectivity index (χ2v) is 7.29. The van der Waals surface area contributed by atoms with Gasteiger partial charge in [0.05, 0.1) is 11.4 Å². The Balaban J connectivity index is 1.60. The first-order valence-corrected chi connectivity index (χ1v) is 9.50. The Morgan fingerprint density at radius 2 is 1.84 bits per heavy atom. The maximum Gasteiger partial charge on any atom is 0.229 e. The molecule has 0 saturated carbocycles. The Hall–Kier alpha value is -2.26. The topological polar surface area (TPSA) is 80.8 Å². The summed E-state index contributed by atoms with van der Waals surface area (Å²) in [7, 11) is 3.72. The molecule has 3 aromatic rings. The zero-order valence-corrected chi connectivity index (χ0v) is 15.4. The number of nitrogens with zero attached hydrogens (tertiary/aromatic N) is 5. The van der Waals surface area contributed by atoms with Gasteiger partial charge in [0.15, 0.2) is 0 Å². The van der Waals surface area contributed by atoms with Crippen LogP contribution >= 0.6 is 23.1 Å². The largest absolute Gasteiger partial charge is 0.368 e. The maximum atomic E-state index is 13.0. The van der Waals surface area contributed by atoms with Crippen molar-refractivity contribution in [2.45, 2.75) is 11.5 Å². The smallest absolute Gasteiger partial charge is 0.229 e. The minimum atomic E-state index is -0.246. The summed E-state index contributed by atoms with van der Waals surface area (Å²) in [5.41, 5.74) is 7.62. The standard InChI is InChI=1S/C16H17FN6S2/c1-23(2)16-21-13(20-15(18)22-16)9-24-7-12-8-25-14(19-12)10-3-5-11(17)6-4-10/h3-6,8H,7,9H2,1-2H3,(H2,18,20,21,22). The highest BCUT2D eigenvalue weighted by molar-refractivity contribution is 7.97. The molecule has 0 atom stereocenters. The van der Waals surface area contributed by atoms with Crippen LogP contribution in [0.4, 0.5) is 16.3 Å². The Bertz CT molecular complexity index is 850. The quantitative estimate of drug-likeness (QED) is 0.707. The van der Waals surface area contributed by atoms with E-state index < -0.39 is 0 Å². The van der Waals surface area contributed by atoms with Crippen LogP contribution in [-0.4, -0.2) is 34.0 Å². The molecular weight excluding hydrogens is 359 g/mol. The van der Waals surface area contributed by atoms with Gasteiger partial charge in [0.25, 0.3) is 0 Å². The monoisotopic (exact) mass is 376 g/mol. The van der Waals surface area contributed by atoms with Crippen molar-refractivity contribution in [1.29, 1.82) is 0 Å². The lowest BCUT2D eigenvalue weighted by molar-refractivity contribution is 0.628. The molecule has 2 N–H and O–H groups in total. The SMILES string of the molecule is CN(C)c1nc(N)nc(CSCc2csc(-c3ccc(F)cc3)n2)n1. The predicted molar refractivity (Wildman–Crippen MR) is 101 cm³/mol. The second kappa shape index (κ2) is 7.75. The normalized spacial score (nSPS) is 10.8. The van der Waals surface area contributed by atoms with E-state index in [1.807, 2.05) is 19.5 Å². The molecule has 2 heterocycles.